The van der Waals surface area contributed by atoms with E-state index in [-0.39, 0.29) is 0 Å². The Morgan fingerprint density at radius 1 is 0.718 bits per heavy atom. The van der Waals surface area contributed by atoms with E-state index in [4.69, 9.17) is 9.47 Å². The molecule has 0 aliphatic carbocycles. The van der Waals surface area contributed by atoms with Crippen molar-refractivity contribution in [3.05, 3.63) is 130 Å². The smallest absolute Gasteiger partial charge is 0.294 e. The van der Waals surface area contributed by atoms with Crippen LogP contribution in [-0.2, 0) is 6.42 Å². The van der Waals surface area contributed by atoms with Crippen molar-refractivity contribution < 1.29 is 9.47 Å². The molecule has 2 unspecified atom stereocenters. The van der Waals surface area contributed by atoms with Crippen molar-refractivity contribution in [2.24, 2.45) is 0 Å². The molecule has 7 rings (SSSR count). The van der Waals surface area contributed by atoms with Crippen molar-refractivity contribution in [3.8, 4) is 11.5 Å². The van der Waals surface area contributed by atoms with Gasteiger partial charge in [-0.25, -0.2) is 0 Å². The van der Waals surface area contributed by atoms with Crippen LogP contribution in [-0.4, -0.2) is 5.79 Å². The second-order valence-electron chi connectivity index (χ2n) is 11.0. The van der Waals surface area contributed by atoms with Gasteiger partial charge in [0.05, 0.1) is 0 Å². The highest BCUT2D eigenvalue weighted by atomic mass is 16.7. The SMILES string of the molecule is CCC(C)c1ccc(Cc2ccc3c4c(ccc3c2)OC2(C=Cc3c(ccc5ccccc35)O2)C(C)=C4)cc1. The number of rotatable bonds is 4. The van der Waals surface area contributed by atoms with E-state index in [9.17, 15) is 0 Å². The van der Waals surface area contributed by atoms with Crippen LogP contribution in [0.5, 0.6) is 11.5 Å². The molecule has 0 saturated heterocycles. The molecule has 2 aliphatic rings. The molecule has 2 heterocycles. The summed E-state index contributed by atoms with van der Waals surface area (Å²) < 4.78 is 13.2. The monoisotopic (exact) mass is 508 g/mol. The van der Waals surface area contributed by atoms with E-state index in [1.165, 1.54) is 44.7 Å². The van der Waals surface area contributed by atoms with Crippen LogP contribution in [0.2, 0.25) is 0 Å². The minimum absolute atomic E-state index is 0.605. The summed E-state index contributed by atoms with van der Waals surface area (Å²) in [5.41, 5.74) is 7.32. The Balaban J connectivity index is 1.19. The summed E-state index contributed by atoms with van der Waals surface area (Å²) in [6.07, 6.45) is 8.52. The minimum atomic E-state index is -0.933. The standard InChI is InChI=1S/C37H32O2/c1-4-24(2)28-12-9-26(10-13-28)22-27-11-16-32-30(23-27)15-18-36-34(32)21-25(3)37(39-36)20-19-33-31-8-6-5-7-29(31)14-17-35(33)38-37/h5-21,23-24H,4,22H2,1-3H3. The lowest BCUT2D eigenvalue weighted by Gasteiger charge is -2.39. The number of hydrogen-bond acceptors (Lipinski definition) is 2. The number of fused-ring (bicyclic) bond motifs is 6. The lowest BCUT2D eigenvalue weighted by atomic mass is 9.91. The molecule has 0 fully saturated rings. The quantitative estimate of drug-likeness (QED) is 0.241. The molecule has 2 nitrogen and oxygen atoms in total. The summed E-state index contributed by atoms with van der Waals surface area (Å²) in [7, 11) is 0. The molecule has 0 bridgehead atoms. The van der Waals surface area contributed by atoms with Gasteiger partial charge >= 0.3 is 0 Å². The van der Waals surface area contributed by atoms with Crippen molar-refractivity contribution in [2.45, 2.75) is 45.3 Å². The van der Waals surface area contributed by atoms with Crippen LogP contribution in [0, 0.1) is 0 Å². The third kappa shape index (κ3) is 4.03. The lowest BCUT2D eigenvalue weighted by Crippen LogP contribution is -2.44. The Bertz CT molecular complexity index is 1790. The highest BCUT2D eigenvalue weighted by molar-refractivity contribution is 5.96. The Labute approximate surface area is 230 Å². The van der Waals surface area contributed by atoms with E-state index in [1.807, 2.05) is 0 Å². The molecular formula is C37H32O2. The Morgan fingerprint density at radius 2 is 1.41 bits per heavy atom. The maximum absolute atomic E-state index is 6.64. The summed E-state index contributed by atoms with van der Waals surface area (Å²) in [6.45, 7) is 6.63. The fourth-order valence-electron chi connectivity index (χ4n) is 5.92. The molecule has 1 spiro atoms. The van der Waals surface area contributed by atoms with Crippen LogP contribution in [0.4, 0.5) is 0 Å². The normalized spacial score (nSPS) is 18.3. The van der Waals surface area contributed by atoms with Gasteiger partial charge in [-0.1, -0.05) is 92.7 Å². The van der Waals surface area contributed by atoms with Gasteiger partial charge < -0.3 is 9.47 Å². The zero-order valence-electron chi connectivity index (χ0n) is 22.7. The first kappa shape index (κ1) is 23.8. The fourth-order valence-corrected chi connectivity index (χ4v) is 5.92. The molecule has 0 radical (unpaired) electrons. The average Bonchev–Trinajstić information content (AvgIpc) is 2.97. The summed E-state index contributed by atoms with van der Waals surface area (Å²) >= 11 is 0. The van der Waals surface area contributed by atoms with Crippen molar-refractivity contribution in [2.75, 3.05) is 0 Å². The van der Waals surface area contributed by atoms with Crippen LogP contribution >= 0.6 is 0 Å². The van der Waals surface area contributed by atoms with Gasteiger partial charge in [-0.05, 0) is 88.2 Å². The molecule has 0 N–H and O–H groups in total. The van der Waals surface area contributed by atoms with Crippen LogP contribution in [0.3, 0.4) is 0 Å². The van der Waals surface area contributed by atoms with Crippen LogP contribution in [0.15, 0.2) is 103 Å². The van der Waals surface area contributed by atoms with Crippen LogP contribution < -0.4 is 9.47 Å². The van der Waals surface area contributed by atoms with Crippen molar-refractivity contribution in [1.82, 2.24) is 0 Å². The highest BCUT2D eigenvalue weighted by Crippen LogP contribution is 2.45. The van der Waals surface area contributed by atoms with Crippen molar-refractivity contribution >= 4 is 33.7 Å². The highest BCUT2D eigenvalue weighted by Gasteiger charge is 2.40. The number of hydrogen-bond donors (Lipinski definition) is 0. The summed E-state index contributed by atoms with van der Waals surface area (Å²) in [6, 6.07) is 32.7. The van der Waals surface area contributed by atoms with E-state index >= 15 is 0 Å². The van der Waals surface area contributed by atoms with Gasteiger partial charge in [-0.15, -0.1) is 0 Å². The second kappa shape index (κ2) is 9.17. The number of benzene rings is 5. The molecule has 2 atom stereocenters. The van der Waals surface area contributed by atoms with E-state index in [1.54, 1.807) is 0 Å². The third-order valence-corrected chi connectivity index (χ3v) is 8.49. The maximum atomic E-state index is 6.64. The lowest BCUT2D eigenvalue weighted by molar-refractivity contribution is -0.0408. The molecule has 192 valence electrons. The zero-order valence-corrected chi connectivity index (χ0v) is 22.7. The number of ether oxygens (including phenoxy) is 2. The predicted molar refractivity (Wildman–Crippen MR) is 163 cm³/mol. The molecule has 0 saturated carbocycles. The van der Waals surface area contributed by atoms with E-state index in [0.717, 1.165) is 34.6 Å². The van der Waals surface area contributed by atoms with E-state index in [0.29, 0.717) is 5.92 Å². The van der Waals surface area contributed by atoms with Gasteiger partial charge in [0.15, 0.2) is 0 Å². The summed E-state index contributed by atoms with van der Waals surface area (Å²) in [5, 5.41) is 4.82. The Hall–Kier alpha value is -4.30. The molecule has 5 aromatic rings. The van der Waals surface area contributed by atoms with Gasteiger partial charge in [-0.3, -0.25) is 0 Å². The maximum Gasteiger partial charge on any atom is 0.294 e. The van der Waals surface area contributed by atoms with E-state index in [2.05, 4.69) is 130 Å². The molecule has 2 aliphatic heterocycles. The van der Waals surface area contributed by atoms with Crippen molar-refractivity contribution in [3.63, 3.8) is 0 Å². The van der Waals surface area contributed by atoms with Crippen molar-refractivity contribution in [1.29, 1.82) is 0 Å². The van der Waals surface area contributed by atoms with Gasteiger partial charge in [-0.2, -0.15) is 0 Å². The van der Waals surface area contributed by atoms with Crippen LogP contribution in [0.1, 0.15) is 60.9 Å². The van der Waals surface area contributed by atoms with E-state index < -0.39 is 5.79 Å². The second-order valence-corrected chi connectivity index (χ2v) is 11.0. The first-order chi connectivity index (χ1) is 19.0. The van der Waals surface area contributed by atoms with Crippen LogP contribution in [0.25, 0.3) is 33.7 Å². The molecule has 39 heavy (non-hydrogen) atoms. The Morgan fingerprint density at radius 3 is 2.21 bits per heavy atom. The third-order valence-electron chi connectivity index (χ3n) is 8.49. The molecule has 2 heteroatoms. The van der Waals surface area contributed by atoms with Gasteiger partial charge in [0.25, 0.3) is 5.79 Å². The first-order valence-electron chi connectivity index (χ1n) is 14.0. The minimum Gasteiger partial charge on any atom is -0.444 e. The fraction of sp³-hybridized carbons (Fsp3) is 0.189. The largest absolute Gasteiger partial charge is 0.444 e. The van der Waals surface area contributed by atoms with Gasteiger partial charge in [0, 0.05) is 22.8 Å². The van der Waals surface area contributed by atoms with Gasteiger partial charge in [0.2, 0.25) is 0 Å². The summed E-state index contributed by atoms with van der Waals surface area (Å²) in [4.78, 5) is 0. The Kier molecular flexibility index (Phi) is 5.59. The first-order valence-corrected chi connectivity index (χ1v) is 14.0. The predicted octanol–water partition coefficient (Wildman–Crippen LogP) is 9.70. The molecule has 0 aromatic heterocycles. The summed E-state index contributed by atoms with van der Waals surface area (Å²) in [5.74, 6) is 1.36. The van der Waals surface area contributed by atoms with Gasteiger partial charge in [0.1, 0.15) is 11.5 Å². The average molecular weight is 509 g/mol. The molecule has 5 aromatic carbocycles. The molecule has 0 amide bonds. The zero-order chi connectivity index (χ0) is 26.6. The topological polar surface area (TPSA) is 18.5 Å². The molecular weight excluding hydrogens is 476 g/mol.